The van der Waals surface area contributed by atoms with Gasteiger partial charge in [0.25, 0.3) is 0 Å². The molecule has 28 heavy (non-hydrogen) atoms. The molecule has 1 saturated carbocycles. The van der Waals surface area contributed by atoms with E-state index in [2.05, 4.69) is 5.32 Å². The van der Waals surface area contributed by atoms with Crippen LogP contribution < -0.4 is 10.1 Å². The molecule has 0 atom stereocenters. The lowest BCUT2D eigenvalue weighted by molar-refractivity contribution is -0.122. The van der Waals surface area contributed by atoms with Gasteiger partial charge in [-0.25, -0.2) is 8.42 Å². The van der Waals surface area contributed by atoms with E-state index in [0.29, 0.717) is 12.4 Å². The molecule has 1 aliphatic rings. The molecule has 6 nitrogen and oxygen atoms in total. The summed E-state index contributed by atoms with van der Waals surface area (Å²) in [5.74, 6) is 0.182. The normalized spacial score (nSPS) is 16.4. The summed E-state index contributed by atoms with van der Waals surface area (Å²) in [7, 11) is -3.82. The zero-order valence-electron chi connectivity index (χ0n) is 16.7. The summed E-state index contributed by atoms with van der Waals surface area (Å²) in [5.41, 5.74) is 0. The van der Waals surface area contributed by atoms with Crippen molar-refractivity contribution in [1.82, 2.24) is 9.62 Å². The van der Waals surface area contributed by atoms with E-state index in [1.807, 2.05) is 6.92 Å². The largest absolute Gasteiger partial charge is 0.492 e. The molecule has 0 aliphatic heterocycles. The SMILES string of the molecule is CCOc1ccc(S(=O)(=O)N(CC)CC(=O)NC2CCCCCCC2)cc1Cl. The van der Waals surface area contributed by atoms with E-state index in [-0.39, 0.29) is 35.0 Å². The first kappa shape index (κ1) is 23.0. The number of halogens is 1. The quantitative estimate of drug-likeness (QED) is 0.676. The number of nitrogens with zero attached hydrogens (tertiary/aromatic N) is 1. The Morgan fingerprint density at radius 2 is 1.82 bits per heavy atom. The highest BCUT2D eigenvalue weighted by Crippen LogP contribution is 2.28. The van der Waals surface area contributed by atoms with Crippen molar-refractivity contribution in [3.05, 3.63) is 23.2 Å². The predicted molar refractivity (Wildman–Crippen MR) is 111 cm³/mol. The van der Waals surface area contributed by atoms with Gasteiger partial charge in [0.05, 0.1) is 23.1 Å². The Balaban J connectivity index is 2.05. The van der Waals surface area contributed by atoms with Crippen LogP contribution in [-0.2, 0) is 14.8 Å². The molecule has 1 aliphatic carbocycles. The van der Waals surface area contributed by atoms with Gasteiger partial charge in [0.2, 0.25) is 15.9 Å². The van der Waals surface area contributed by atoms with Crippen molar-refractivity contribution in [2.75, 3.05) is 19.7 Å². The Morgan fingerprint density at radius 3 is 2.39 bits per heavy atom. The van der Waals surface area contributed by atoms with E-state index in [1.54, 1.807) is 13.0 Å². The molecule has 2 rings (SSSR count). The molecule has 1 amide bonds. The van der Waals surface area contributed by atoms with Gasteiger partial charge in [-0.05, 0) is 38.0 Å². The minimum Gasteiger partial charge on any atom is -0.492 e. The van der Waals surface area contributed by atoms with Gasteiger partial charge in [0.15, 0.2) is 0 Å². The summed E-state index contributed by atoms with van der Waals surface area (Å²) >= 11 is 6.14. The molecule has 1 fully saturated rings. The van der Waals surface area contributed by atoms with Crippen molar-refractivity contribution in [1.29, 1.82) is 0 Å². The van der Waals surface area contributed by atoms with E-state index < -0.39 is 10.0 Å². The fourth-order valence-corrected chi connectivity index (χ4v) is 5.20. The summed E-state index contributed by atoms with van der Waals surface area (Å²) in [6.45, 7) is 3.99. The van der Waals surface area contributed by atoms with Gasteiger partial charge in [-0.3, -0.25) is 4.79 Å². The van der Waals surface area contributed by atoms with Crippen molar-refractivity contribution in [3.8, 4) is 5.75 Å². The number of sulfonamides is 1. The summed E-state index contributed by atoms with van der Waals surface area (Å²) in [5, 5.41) is 3.26. The molecule has 1 aromatic carbocycles. The molecule has 0 unspecified atom stereocenters. The van der Waals surface area contributed by atoms with Crippen LogP contribution >= 0.6 is 11.6 Å². The molecule has 0 heterocycles. The first-order valence-electron chi connectivity index (χ1n) is 10.1. The van der Waals surface area contributed by atoms with E-state index >= 15 is 0 Å². The first-order chi connectivity index (χ1) is 13.4. The van der Waals surface area contributed by atoms with Crippen LogP contribution in [0.25, 0.3) is 0 Å². The Labute approximate surface area is 173 Å². The molecule has 0 spiro atoms. The summed E-state index contributed by atoms with van der Waals surface area (Å²) in [4.78, 5) is 12.6. The Hall–Kier alpha value is -1.31. The molecule has 158 valence electrons. The molecule has 8 heteroatoms. The molecular weight excluding hydrogens is 400 g/mol. The summed E-state index contributed by atoms with van der Waals surface area (Å²) in [6, 6.07) is 4.51. The van der Waals surface area contributed by atoms with Gasteiger partial charge in [0.1, 0.15) is 5.75 Å². The first-order valence-corrected chi connectivity index (χ1v) is 11.9. The number of carbonyl (C=O) groups is 1. The van der Waals surface area contributed by atoms with E-state index in [1.165, 1.54) is 35.7 Å². The summed E-state index contributed by atoms with van der Waals surface area (Å²) < 4.78 is 32.5. The number of nitrogens with one attached hydrogen (secondary N) is 1. The minimum atomic E-state index is -3.82. The van der Waals surface area contributed by atoms with E-state index in [4.69, 9.17) is 16.3 Å². The zero-order chi connectivity index (χ0) is 20.6. The number of benzene rings is 1. The Morgan fingerprint density at radius 1 is 1.18 bits per heavy atom. The molecule has 0 aromatic heterocycles. The maximum Gasteiger partial charge on any atom is 0.243 e. The average Bonchev–Trinajstić information content (AvgIpc) is 2.63. The average molecular weight is 431 g/mol. The van der Waals surface area contributed by atoms with E-state index in [9.17, 15) is 13.2 Å². The minimum absolute atomic E-state index is 0.0570. The molecule has 0 saturated heterocycles. The van der Waals surface area contributed by atoms with Gasteiger partial charge in [-0.1, -0.05) is 50.6 Å². The van der Waals surface area contributed by atoms with Crippen LogP contribution in [0.2, 0.25) is 5.02 Å². The molecule has 0 bridgehead atoms. The molecule has 1 aromatic rings. The van der Waals surface area contributed by atoms with Gasteiger partial charge in [-0.15, -0.1) is 0 Å². The molecule has 1 N–H and O–H groups in total. The number of ether oxygens (including phenoxy) is 1. The second kappa shape index (κ2) is 11.0. The van der Waals surface area contributed by atoms with Crippen LogP contribution in [0.3, 0.4) is 0 Å². The van der Waals surface area contributed by atoms with E-state index in [0.717, 1.165) is 25.7 Å². The van der Waals surface area contributed by atoms with Gasteiger partial charge < -0.3 is 10.1 Å². The second-order valence-electron chi connectivity index (χ2n) is 7.07. The lowest BCUT2D eigenvalue weighted by Gasteiger charge is -2.24. The summed E-state index contributed by atoms with van der Waals surface area (Å²) in [6.07, 6.45) is 7.77. The van der Waals surface area contributed by atoms with Crippen molar-refractivity contribution in [2.45, 2.75) is 69.7 Å². The third-order valence-electron chi connectivity index (χ3n) is 4.98. The van der Waals surface area contributed by atoms with Crippen molar-refractivity contribution < 1.29 is 17.9 Å². The van der Waals surface area contributed by atoms with Crippen LogP contribution in [0, 0.1) is 0 Å². The molecule has 0 radical (unpaired) electrons. The van der Waals surface area contributed by atoms with Crippen LogP contribution in [0.1, 0.15) is 58.8 Å². The van der Waals surface area contributed by atoms with Crippen LogP contribution in [0.4, 0.5) is 0 Å². The highest BCUT2D eigenvalue weighted by molar-refractivity contribution is 7.89. The number of likely N-dealkylation sites (N-methyl/N-ethyl adjacent to an activating group) is 1. The number of rotatable bonds is 8. The van der Waals surface area contributed by atoms with Crippen molar-refractivity contribution >= 4 is 27.5 Å². The number of amides is 1. The Kier molecular flexibility index (Phi) is 9.05. The van der Waals surface area contributed by atoms with Crippen LogP contribution in [-0.4, -0.2) is 44.4 Å². The van der Waals surface area contributed by atoms with Crippen LogP contribution in [0.5, 0.6) is 5.75 Å². The lowest BCUT2D eigenvalue weighted by atomic mass is 9.97. The van der Waals surface area contributed by atoms with Gasteiger partial charge in [0, 0.05) is 12.6 Å². The lowest BCUT2D eigenvalue weighted by Crippen LogP contribution is -2.44. The number of carbonyl (C=O) groups excluding carboxylic acids is 1. The third kappa shape index (κ3) is 6.36. The monoisotopic (exact) mass is 430 g/mol. The predicted octanol–water partition coefficient (Wildman–Crippen LogP) is 3.98. The van der Waals surface area contributed by atoms with Gasteiger partial charge >= 0.3 is 0 Å². The topological polar surface area (TPSA) is 75.7 Å². The molecular formula is C20H31ClN2O4S. The third-order valence-corrected chi connectivity index (χ3v) is 7.20. The highest BCUT2D eigenvalue weighted by atomic mass is 35.5. The Bertz CT molecular complexity index is 747. The van der Waals surface area contributed by atoms with Gasteiger partial charge in [-0.2, -0.15) is 4.31 Å². The fourth-order valence-electron chi connectivity index (χ4n) is 3.46. The number of hydrogen-bond donors (Lipinski definition) is 1. The fraction of sp³-hybridized carbons (Fsp3) is 0.650. The second-order valence-corrected chi connectivity index (χ2v) is 9.41. The number of hydrogen-bond acceptors (Lipinski definition) is 4. The maximum absolute atomic E-state index is 13.0. The standard InChI is InChI=1S/C20H31ClN2O4S/c1-3-23(15-20(24)22-16-10-8-6-5-7-9-11-16)28(25,26)17-12-13-19(27-4-2)18(21)14-17/h12-14,16H,3-11,15H2,1-2H3,(H,22,24). The van der Waals surface area contributed by atoms with Crippen molar-refractivity contribution in [3.63, 3.8) is 0 Å². The zero-order valence-corrected chi connectivity index (χ0v) is 18.3. The maximum atomic E-state index is 13.0. The van der Waals surface area contributed by atoms with Crippen LogP contribution in [0.15, 0.2) is 23.1 Å². The smallest absolute Gasteiger partial charge is 0.243 e. The van der Waals surface area contributed by atoms with Crippen molar-refractivity contribution in [2.24, 2.45) is 0 Å². The highest BCUT2D eigenvalue weighted by Gasteiger charge is 2.27.